The van der Waals surface area contributed by atoms with Crippen molar-refractivity contribution in [1.82, 2.24) is 9.88 Å². The van der Waals surface area contributed by atoms with Gasteiger partial charge in [-0.3, -0.25) is 9.78 Å². The molecule has 5 heteroatoms. The molecule has 1 heterocycles. The standard InChI is InChI=1S/C9H13N3O.ClH/c1-12(9(13)6-10)7-8-4-2-3-5-11-8;/h2-5H,6-7,10H2,1H3;1H. The zero-order chi connectivity index (χ0) is 9.68. The van der Waals surface area contributed by atoms with Crippen molar-refractivity contribution in [3.8, 4) is 0 Å². The van der Waals surface area contributed by atoms with Crippen LogP contribution in [-0.4, -0.2) is 29.4 Å². The van der Waals surface area contributed by atoms with Crippen LogP contribution in [0.2, 0.25) is 0 Å². The fourth-order valence-corrected chi connectivity index (χ4v) is 0.979. The van der Waals surface area contributed by atoms with Crippen LogP contribution < -0.4 is 5.73 Å². The van der Waals surface area contributed by atoms with Crippen LogP contribution in [0.3, 0.4) is 0 Å². The van der Waals surface area contributed by atoms with E-state index >= 15 is 0 Å². The summed E-state index contributed by atoms with van der Waals surface area (Å²) < 4.78 is 0. The van der Waals surface area contributed by atoms with E-state index in [1.807, 2.05) is 18.2 Å². The van der Waals surface area contributed by atoms with Crippen LogP contribution in [-0.2, 0) is 11.3 Å². The van der Waals surface area contributed by atoms with Gasteiger partial charge in [-0.2, -0.15) is 0 Å². The molecule has 0 saturated heterocycles. The highest BCUT2D eigenvalue weighted by molar-refractivity contribution is 5.85. The maximum Gasteiger partial charge on any atom is 0.236 e. The summed E-state index contributed by atoms with van der Waals surface area (Å²) in [7, 11) is 1.71. The Hall–Kier alpha value is -1.13. The van der Waals surface area contributed by atoms with Gasteiger partial charge in [0.2, 0.25) is 5.91 Å². The lowest BCUT2D eigenvalue weighted by atomic mass is 10.3. The van der Waals surface area contributed by atoms with Gasteiger partial charge in [-0.05, 0) is 12.1 Å². The molecule has 4 nitrogen and oxygen atoms in total. The van der Waals surface area contributed by atoms with Gasteiger partial charge < -0.3 is 10.6 Å². The largest absolute Gasteiger partial charge is 0.339 e. The molecular formula is C9H14ClN3O. The summed E-state index contributed by atoms with van der Waals surface area (Å²) in [5, 5.41) is 0. The molecule has 0 unspecified atom stereocenters. The minimum absolute atomic E-state index is 0. The Balaban J connectivity index is 0.00000169. The molecule has 1 rings (SSSR count). The van der Waals surface area contributed by atoms with Crippen LogP contribution in [0.4, 0.5) is 0 Å². The zero-order valence-electron chi connectivity index (χ0n) is 8.01. The first-order chi connectivity index (χ1) is 6.24. The van der Waals surface area contributed by atoms with Crippen molar-refractivity contribution in [2.45, 2.75) is 6.54 Å². The Labute approximate surface area is 89.5 Å². The van der Waals surface area contributed by atoms with Crippen molar-refractivity contribution >= 4 is 18.3 Å². The average molecular weight is 216 g/mol. The van der Waals surface area contributed by atoms with E-state index in [0.717, 1.165) is 5.69 Å². The molecule has 0 bridgehead atoms. The predicted octanol–water partition coefficient (Wildman–Crippen LogP) is 0.421. The SMILES string of the molecule is CN(Cc1ccccn1)C(=O)CN.Cl. The number of nitrogens with zero attached hydrogens (tertiary/aromatic N) is 2. The summed E-state index contributed by atoms with van der Waals surface area (Å²) in [6.45, 7) is 0.556. The smallest absolute Gasteiger partial charge is 0.236 e. The van der Waals surface area contributed by atoms with Gasteiger partial charge in [-0.15, -0.1) is 12.4 Å². The molecule has 0 aliphatic carbocycles. The minimum Gasteiger partial charge on any atom is -0.339 e. The Morgan fingerprint density at radius 1 is 1.57 bits per heavy atom. The third kappa shape index (κ3) is 3.72. The van der Waals surface area contributed by atoms with Gasteiger partial charge >= 0.3 is 0 Å². The number of pyridine rings is 1. The van der Waals surface area contributed by atoms with E-state index in [4.69, 9.17) is 5.73 Å². The van der Waals surface area contributed by atoms with Gasteiger partial charge in [0.05, 0.1) is 18.8 Å². The summed E-state index contributed by atoms with van der Waals surface area (Å²) in [6.07, 6.45) is 1.70. The van der Waals surface area contributed by atoms with E-state index in [2.05, 4.69) is 4.98 Å². The summed E-state index contributed by atoms with van der Waals surface area (Å²) in [4.78, 5) is 16.7. The highest BCUT2D eigenvalue weighted by Gasteiger charge is 2.06. The second kappa shape index (κ2) is 6.34. The van der Waals surface area contributed by atoms with Crippen LogP contribution in [0.5, 0.6) is 0 Å². The van der Waals surface area contributed by atoms with Crippen molar-refractivity contribution in [3.05, 3.63) is 30.1 Å². The monoisotopic (exact) mass is 215 g/mol. The summed E-state index contributed by atoms with van der Waals surface area (Å²) >= 11 is 0. The van der Waals surface area contributed by atoms with Gasteiger partial charge in [0.15, 0.2) is 0 Å². The number of hydrogen-bond donors (Lipinski definition) is 1. The Morgan fingerprint density at radius 3 is 2.79 bits per heavy atom. The molecule has 1 aromatic heterocycles. The summed E-state index contributed by atoms with van der Waals surface area (Å²) in [5.74, 6) is -0.0781. The van der Waals surface area contributed by atoms with E-state index in [1.54, 1.807) is 18.1 Å². The molecule has 0 fully saturated rings. The fourth-order valence-electron chi connectivity index (χ4n) is 0.979. The molecule has 78 valence electrons. The van der Waals surface area contributed by atoms with Gasteiger partial charge in [0.1, 0.15) is 0 Å². The second-order valence-electron chi connectivity index (χ2n) is 2.77. The third-order valence-corrected chi connectivity index (χ3v) is 1.73. The molecule has 2 N–H and O–H groups in total. The van der Waals surface area contributed by atoms with Gasteiger partial charge in [0.25, 0.3) is 0 Å². The molecule has 0 aromatic carbocycles. The van der Waals surface area contributed by atoms with Crippen LogP contribution in [0, 0.1) is 0 Å². The second-order valence-corrected chi connectivity index (χ2v) is 2.77. The first-order valence-electron chi connectivity index (χ1n) is 4.08. The summed E-state index contributed by atoms with van der Waals surface area (Å²) in [5.41, 5.74) is 6.08. The molecule has 0 aliphatic rings. The van der Waals surface area contributed by atoms with Crippen molar-refractivity contribution in [2.75, 3.05) is 13.6 Å². The average Bonchev–Trinajstić information content (AvgIpc) is 2.18. The fraction of sp³-hybridized carbons (Fsp3) is 0.333. The van der Waals surface area contributed by atoms with E-state index in [9.17, 15) is 4.79 Å². The van der Waals surface area contributed by atoms with Crippen LogP contribution in [0.1, 0.15) is 5.69 Å². The van der Waals surface area contributed by atoms with E-state index in [-0.39, 0.29) is 24.9 Å². The van der Waals surface area contributed by atoms with Crippen molar-refractivity contribution in [1.29, 1.82) is 0 Å². The van der Waals surface area contributed by atoms with Gasteiger partial charge in [-0.25, -0.2) is 0 Å². The van der Waals surface area contributed by atoms with Crippen molar-refractivity contribution < 1.29 is 4.79 Å². The molecule has 1 aromatic rings. The number of hydrogen-bond acceptors (Lipinski definition) is 3. The number of rotatable bonds is 3. The molecule has 0 aliphatic heterocycles. The molecule has 0 radical (unpaired) electrons. The number of halogens is 1. The molecular weight excluding hydrogens is 202 g/mol. The van der Waals surface area contributed by atoms with Crippen LogP contribution in [0.25, 0.3) is 0 Å². The van der Waals surface area contributed by atoms with Crippen LogP contribution in [0.15, 0.2) is 24.4 Å². The van der Waals surface area contributed by atoms with Crippen molar-refractivity contribution in [2.24, 2.45) is 5.73 Å². The molecule has 0 saturated carbocycles. The first-order valence-corrected chi connectivity index (χ1v) is 4.08. The Kier molecular flexibility index (Phi) is 5.83. The number of likely N-dealkylation sites (N-methyl/N-ethyl adjacent to an activating group) is 1. The maximum absolute atomic E-state index is 11.1. The molecule has 0 spiro atoms. The third-order valence-electron chi connectivity index (χ3n) is 1.73. The van der Waals surface area contributed by atoms with E-state index in [1.165, 1.54) is 0 Å². The van der Waals surface area contributed by atoms with Gasteiger partial charge in [-0.1, -0.05) is 6.07 Å². The predicted molar refractivity (Wildman–Crippen MR) is 57.0 cm³/mol. The lowest BCUT2D eigenvalue weighted by molar-refractivity contribution is -0.128. The van der Waals surface area contributed by atoms with E-state index in [0.29, 0.717) is 6.54 Å². The molecule has 0 atom stereocenters. The highest BCUT2D eigenvalue weighted by Crippen LogP contribution is 1.97. The normalized spacial score (nSPS) is 9.00. The first kappa shape index (κ1) is 12.9. The lowest BCUT2D eigenvalue weighted by Crippen LogP contribution is -2.32. The number of nitrogens with two attached hydrogens (primary N) is 1. The zero-order valence-corrected chi connectivity index (χ0v) is 8.83. The quantitative estimate of drug-likeness (QED) is 0.795. The Bertz CT molecular complexity index is 279. The molecule has 1 amide bonds. The number of carbonyl (C=O) groups excluding carboxylic acids is 1. The molecule has 14 heavy (non-hydrogen) atoms. The van der Waals surface area contributed by atoms with E-state index < -0.39 is 0 Å². The maximum atomic E-state index is 11.1. The summed E-state index contributed by atoms with van der Waals surface area (Å²) in [6, 6.07) is 5.61. The van der Waals surface area contributed by atoms with Gasteiger partial charge in [0, 0.05) is 13.2 Å². The Morgan fingerprint density at radius 2 is 2.29 bits per heavy atom. The number of carbonyl (C=O) groups is 1. The topological polar surface area (TPSA) is 59.2 Å². The van der Waals surface area contributed by atoms with Crippen LogP contribution >= 0.6 is 12.4 Å². The van der Waals surface area contributed by atoms with Crippen molar-refractivity contribution in [3.63, 3.8) is 0 Å². The number of aromatic nitrogens is 1. The highest BCUT2D eigenvalue weighted by atomic mass is 35.5. The number of amides is 1. The lowest BCUT2D eigenvalue weighted by Gasteiger charge is -2.14. The minimum atomic E-state index is -0.0781.